The molecule has 0 fully saturated rings. The van der Waals surface area contributed by atoms with E-state index in [1.807, 2.05) is 18.2 Å². The Bertz CT molecular complexity index is 5100. The molecule has 0 unspecified atom stereocenters. The van der Waals surface area contributed by atoms with Gasteiger partial charge in [0.15, 0.2) is 0 Å². The average molecular weight is 749 g/mol. The Hall–Kier alpha value is -7.48. The molecule has 0 radical (unpaired) electrons. The summed E-state index contributed by atoms with van der Waals surface area (Å²) < 4.78 is 247. The second-order valence-electron chi connectivity index (χ2n) is 13.1. The highest BCUT2D eigenvalue weighted by molar-refractivity contribution is 6.24. The quantitative estimate of drug-likeness (QED) is 0.163. The van der Waals surface area contributed by atoms with E-state index < -0.39 is 245 Å². The number of hydrogen-bond donors (Lipinski definition) is 0. The van der Waals surface area contributed by atoms with E-state index in [2.05, 4.69) is 0 Å². The lowest BCUT2D eigenvalue weighted by Crippen LogP contribution is -1.92. The minimum atomic E-state index is -1.01. The Morgan fingerprint density at radius 2 is 0.912 bits per heavy atom. The van der Waals surface area contributed by atoms with Crippen molar-refractivity contribution in [2.24, 2.45) is 0 Å². The normalized spacial score (nSPS) is 18.2. The molecule has 1 heteroatoms. The zero-order valence-electron chi connectivity index (χ0n) is 55.0. The highest BCUT2D eigenvalue weighted by Crippen LogP contribution is 2.47. The van der Waals surface area contributed by atoms with Crippen molar-refractivity contribution in [3.8, 4) is 44.5 Å². The predicted octanol–water partition coefficient (Wildman–Crippen LogP) is 16.0. The molecule has 0 bridgehead atoms. The summed E-state index contributed by atoms with van der Waals surface area (Å²) in [7, 11) is 0. The monoisotopic (exact) mass is 748 g/mol. The summed E-state index contributed by atoms with van der Waals surface area (Å²) in [6.07, 6.45) is 0. The molecule has 12 aromatic rings. The molecule has 0 spiro atoms. The van der Waals surface area contributed by atoms with E-state index in [4.69, 9.17) is 22.2 Å². The van der Waals surface area contributed by atoms with Gasteiger partial charge in [0.1, 0.15) is 11.2 Å². The lowest BCUT2D eigenvalue weighted by atomic mass is 9.83. The second-order valence-corrected chi connectivity index (χ2v) is 13.1. The fraction of sp³-hybridized carbons (Fsp3) is 0. The Labute approximate surface area is 366 Å². The lowest BCUT2D eigenvalue weighted by Gasteiger charge is -2.20. The average Bonchev–Trinajstić information content (AvgIpc) is 2.77. The van der Waals surface area contributed by atoms with E-state index in [0.717, 1.165) is 16.8 Å². The molecule has 1 aromatic heterocycles. The molecule has 264 valence electrons. The molecule has 0 N–H and O–H groups in total. The molecule has 12 rings (SSSR count). The zero-order chi connectivity index (χ0) is 60.1. The van der Waals surface area contributed by atoms with E-state index in [1.165, 1.54) is 0 Å². The van der Waals surface area contributed by atoms with Gasteiger partial charge < -0.3 is 4.42 Å². The van der Waals surface area contributed by atoms with Crippen molar-refractivity contribution in [2.75, 3.05) is 0 Å². The molecule has 1 nitrogen and oxygen atoms in total. The Morgan fingerprint density at radius 3 is 1.72 bits per heavy atom. The molecule has 57 heavy (non-hydrogen) atoms. The maximum absolute atomic E-state index is 10.0. The maximum Gasteiger partial charge on any atom is 0.135 e. The van der Waals surface area contributed by atoms with Crippen molar-refractivity contribution in [3.63, 3.8) is 0 Å². The van der Waals surface area contributed by atoms with Crippen molar-refractivity contribution in [2.45, 2.75) is 0 Å². The molecule has 0 atom stereocenters. The first-order chi connectivity index (χ1) is 39.1. The van der Waals surface area contributed by atoms with Crippen molar-refractivity contribution in [1.82, 2.24) is 0 Å². The first kappa shape index (κ1) is 15.6. The lowest BCUT2D eigenvalue weighted by molar-refractivity contribution is 0.669. The van der Waals surface area contributed by atoms with E-state index in [0.29, 0.717) is 5.56 Å². The number of benzene rings is 11. The van der Waals surface area contributed by atoms with Gasteiger partial charge in [0.25, 0.3) is 0 Å². The van der Waals surface area contributed by atoms with E-state index >= 15 is 0 Å². The molecule has 0 saturated carbocycles. The Balaban J connectivity index is 1.28. The molecular weight excluding hydrogens is 689 g/mol. The van der Waals surface area contributed by atoms with E-state index in [1.54, 1.807) is 24.3 Å². The van der Waals surface area contributed by atoms with Gasteiger partial charge in [-0.2, -0.15) is 0 Å². The van der Waals surface area contributed by atoms with Gasteiger partial charge in [-0.3, -0.25) is 0 Å². The molecule has 1 heterocycles. The standard InChI is InChI=1S/C56H34O/c1-3-13-37-31-39(23-21-35(37)11-1)40-25-29-53-51(33-40)52-34-41(26-30-54(52)57-53)43-27-28-50(45-16-6-5-15-44(43)45)56-48-19-9-7-17-46(48)55(47-18-8-10-20-49(47)56)42-24-22-36-12-2-4-14-38(36)32-42/h1-34H/i2D,4D,5D,6D,7D,8D,9D,10D,12D,14D,15D,16D,17D,18D,19D,22D,24D,25D,26D,27D,28D,29D,30D,32D,33D,34D. The minimum Gasteiger partial charge on any atom is -0.456 e. The van der Waals surface area contributed by atoms with Crippen LogP contribution in [0.3, 0.4) is 0 Å². The van der Waals surface area contributed by atoms with Gasteiger partial charge in [-0.1, -0.05) is 169 Å². The summed E-state index contributed by atoms with van der Waals surface area (Å²) >= 11 is 0. The smallest absolute Gasteiger partial charge is 0.135 e. The molecule has 0 saturated heterocycles. The van der Waals surface area contributed by atoms with Gasteiger partial charge in [-0.15, -0.1) is 0 Å². The second kappa shape index (κ2) is 12.5. The summed E-state index contributed by atoms with van der Waals surface area (Å²) in [4.78, 5) is 0. The van der Waals surface area contributed by atoms with Crippen LogP contribution in [0.2, 0.25) is 0 Å². The molecule has 0 amide bonds. The maximum atomic E-state index is 10.0. The van der Waals surface area contributed by atoms with Gasteiger partial charge in [0.05, 0.1) is 35.6 Å². The summed E-state index contributed by atoms with van der Waals surface area (Å²) in [6, 6.07) is -8.49. The van der Waals surface area contributed by atoms with Crippen molar-refractivity contribution < 1.29 is 40.1 Å². The molecule has 0 aliphatic heterocycles. The van der Waals surface area contributed by atoms with Crippen LogP contribution in [-0.4, -0.2) is 0 Å². The molecule has 0 aliphatic rings. The van der Waals surface area contributed by atoms with Crippen LogP contribution in [-0.2, 0) is 0 Å². The Morgan fingerprint density at radius 1 is 0.316 bits per heavy atom. The highest BCUT2D eigenvalue weighted by atomic mass is 16.3. The number of rotatable bonds is 4. The van der Waals surface area contributed by atoms with Crippen LogP contribution in [0.4, 0.5) is 0 Å². The topological polar surface area (TPSA) is 13.1 Å². The fourth-order valence-electron chi connectivity index (χ4n) is 7.43. The first-order valence-electron chi connectivity index (χ1n) is 30.6. The zero-order valence-corrected chi connectivity index (χ0v) is 29.0. The predicted molar refractivity (Wildman–Crippen MR) is 243 cm³/mol. The van der Waals surface area contributed by atoms with Crippen LogP contribution in [0.1, 0.15) is 35.6 Å². The van der Waals surface area contributed by atoms with Gasteiger partial charge in [-0.25, -0.2) is 0 Å². The highest BCUT2D eigenvalue weighted by Gasteiger charge is 2.20. The molecule has 11 aromatic carbocycles. The van der Waals surface area contributed by atoms with Crippen LogP contribution < -0.4 is 0 Å². The van der Waals surface area contributed by atoms with E-state index in [-0.39, 0.29) is 16.3 Å². The first-order valence-corrected chi connectivity index (χ1v) is 17.6. The third kappa shape index (κ3) is 5.03. The van der Waals surface area contributed by atoms with Gasteiger partial charge >= 0.3 is 0 Å². The minimum absolute atomic E-state index is 0.0592. The van der Waals surface area contributed by atoms with Gasteiger partial charge in [0, 0.05) is 10.8 Å². The third-order valence-corrected chi connectivity index (χ3v) is 10.0. The van der Waals surface area contributed by atoms with Crippen LogP contribution >= 0.6 is 0 Å². The van der Waals surface area contributed by atoms with Crippen molar-refractivity contribution in [3.05, 3.63) is 206 Å². The summed E-state index contributed by atoms with van der Waals surface area (Å²) in [5.74, 6) is 0. The van der Waals surface area contributed by atoms with Crippen molar-refractivity contribution >= 4 is 75.8 Å². The van der Waals surface area contributed by atoms with Crippen LogP contribution in [0.5, 0.6) is 0 Å². The van der Waals surface area contributed by atoms with E-state index in [9.17, 15) is 17.8 Å². The van der Waals surface area contributed by atoms with Crippen molar-refractivity contribution in [1.29, 1.82) is 0 Å². The third-order valence-electron chi connectivity index (χ3n) is 10.0. The van der Waals surface area contributed by atoms with Crippen LogP contribution in [0.15, 0.2) is 210 Å². The number of fused-ring (bicyclic) bond motifs is 8. The molecule has 0 aliphatic carbocycles. The number of furan rings is 1. The Kier molecular flexibility index (Phi) is 3.42. The van der Waals surface area contributed by atoms with Gasteiger partial charge in [-0.05, 0) is 135 Å². The number of hydrogen-bond acceptors (Lipinski definition) is 1. The van der Waals surface area contributed by atoms with Crippen LogP contribution in [0.25, 0.3) is 120 Å². The fourth-order valence-corrected chi connectivity index (χ4v) is 7.43. The summed E-state index contributed by atoms with van der Waals surface area (Å²) in [5, 5.41) is -3.95. The largest absolute Gasteiger partial charge is 0.456 e. The summed E-state index contributed by atoms with van der Waals surface area (Å²) in [6.45, 7) is 0. The van der Waals surface area contributed by atoms with Gasteiger partial charge in [0.2, 0.25) is 0 Å². The molecular formula is C56H34O. The summed E-state index contributed by atoms with van der Waals surface area (Å²) in [5.41, 5.74) is -4.62. The SMILES string of the molecule is [2H]c1cc2c(-c3c([2H])c([2H])c(-c4c([2H])c([2H])c5oc6c([2H])c([2H])c(-c7ccc8ccccc8c7)c([2H])c6c5c4[2H])c4c([2H])c([2H])c([2H])c([2H])c34)c3c([2H])c([2H])c([2H])c([2H])c3c(-c3c([2H])c([2H])c4c([2H])c([2H])c([2H])c([2H])c4c3[2H])c2c([2H])c1[2H]. The van der Waals surface area contributed by atoms with Crippen LogP contribution in [0, 0.1) is 0 Å².